The fourth-order valence-corrected chi connectivity index (χ4v) is 4.04. The fraction of sp³-hybridized carbons (Fsp3) is 0.120. The lowest BCUT2D eigenvalue weighted by molar-refractivity contribution is -0.135. The minimum absolute atomic E-state index is 0.117. The largest absolute Gasteiger partial charge is 0.508 e. The quantitative estimate of drug-likeness (QED) is 0.389. The average molecular weight is 414 g/mol. The van der Waals surface area contributed by atoms with Gasteiger partial charge in [-0.3, -0.25) is 9.59 Å². The van der Waals surface area contributed by atoms with Crippen molar-refractivity contribution >= 4 is 16.9 Å². The highest BCUT2D eigenvalue weighted by molar-refractivity contribution is 5.90. The van der Waals surface area contributed by atoms with Crippen LogP contribution in [-0.4, -0.2) is 18.2 Å². The molecule has 1 aliphatic rings. The van der Waals surface area contributed by atoms with Crippen molar-refractivity contribution < 1.29 is 23.8 Å². The molecule has 0 radical (unpaired) electrons. The minimum atomic E-state index is -0.345. The lowest BCUT2D eigenvalue weighted by atomic mass is 9.85. The van der Waals surface area contributed by atoms with Gasteiger partial charge in [0.05, 0.1) is 24.5 Å². The molecule has 31 heavy (non-hydrogen) atoms. The summed E-state index contributed by atoms with van der Waals surface area (Å²) >= 11 is 0. The second-order valence-corrected chi connectivity index (χ2v) is 7.39. The Morgan fingerprint density at radius 1 is 1.03 bits per heavy atom. The van der Waals surface area contributed by atoms with Gasteiger partial charge in [-0.25, -0.2) is 0 Å². The molecule has 2 heterocycles. The summed E-state index contributed by atoms with van der Waals surface area (Å²) in [7, 11) is 1.58. The Bertz CT molecular complexity index is 1370. The Morgan fingerprint density at radius 2 is 1.84 bits per heavy atom. The second kappa shape index (κ2) is 7.32. The van der Waals surface area contributed by atoms with Crippen LogP contribution in [0.15, 0.2) is 76.1 Å². The van der Waals surface area contributed by atoms with Gasteiger partial charge in [0.1, 0.15) is 29.1 Å². The summed E-state index contributed by atoms with van der Waals surface area (Å²) in [5, 5.41) is 9.92. The van der Waals surface area contributed by atoms with E-state index >= 15 is 0 Å². The number of phenols is 1. The number of hydrogen-bond acceptors (Lipinski definition) is 6. The molecule has 1 unspecified atom stereocenters. The predicted octanol–water partition coefficient (Wildman–Crippen LogP) is 4.62. The molecule has 1 aromatic heterocycles. The first-order valence-electron chi connectivity index (χ1n) is 9.77. The van der Waals surface area contributed by atoms with Gasteiger partial charge in [-0.1, -0.05) is 24.3 Å². The number of carbonyl (C=O) groups excluding carboxylic acids is 1. The minimum Gasteiger partial charge on any atom is -0.508 e. The molecule has 6 heteroatoms. The molecule has 6 nitrogen and oxygen atoms in total. The predicted molar refractivity (Wildman–Crippen MR) is 115 cm³/mol. The first-order valence-corrected chi connectivity index (χ1v) is 9.77. The molecule has 5 rings (SSSR count). The van der Waals surface area contributed by atoms with Crippen LogP contribution in [0.25, 0.3) is 22.1 Å². The van der Waals surface area contributed by atoms with Gasteiger partial charge in [0.15, 0.2) is 0 Å². The standard InChI is InChI=1S/C25H18O6/c1-29-17-4-2-3-15(11-17)19-12-22(27)31-21-10-9-18-24(28)20(13-30-25(18)23(19)21)14-5-7-16(26)8-6-14/h2-11,13,19,26H,12H2,1H3. The number of hydrogen-bond donors (Lipinski definition) is 1. The van der Waals surface area contributed by atoms with Crippen LogP contribution in [0.1, 0.15) is 23.5 Å². The van der Waals surface area contributed by atoms with Gasteiger partial charge in [-0.15, -0.1) is 0 Å². The van der Waals surface area contributed by atoms with E-state index in [1.165, 1.54) is 18.4 Å². The van der Waals surface area contributed by atoms with E-state index in [2.05, 4.69) is 0 Å². The molecule has 0 aliphatic carbocycles. The second-order valence-electron chi connectivity index (χ2n) is 7.39. The summed E-state index contributed by atoms with van der Waals surface area (Å²) in [6.45, 7) is 0. The third-order valence-electron chi connectivity index (χ3n) is 5.56. The Kier molecular flexibility index (Phi) is 4.47. The Labute approximate surface area is 177 Å². The number of methoxy groups -OCH3 is 1. The van der Waals surface area contributed by atoms with Crippen molar-refractivity contribution in [2.24, 2.45) is 0 Å². The van der Waals surface area contributed by atoms with Crippen molar-refractivity contribution in [2.45, 2.75) is 12.3 Å². The van der Waals surface area contributed by atoms with Crippen LogP contribution in [0.4, 0.5) is 0 Å². The molecule has 1 aliphatic heterocycles. The molecule has 0 bridgehead atoms. The Morgan fingerprint density at radius 3 is 2.61 bits per heavy atom. The van der Waals surface area contributed by atoms with Gasteiger partial charge >= 0.3 is 5.97 Å². The first kappa shape index (κ1) is 18.9. The van der Waals surface area contributed by atoms with E-state index in [1.807, 2.05) is 24.3 Å². The molecule has 4 aromatic rings. The van der Waals surface area contributed by atoms with Gasteiger partial charge in [0.2, 0.25) is 5.43 Å². The summed E-state index contributed by atoms with van der Waals surface area (Å²) in [6, 6.07) is 17.1. The monoisotopic (exact) mass is 414 g/mol. The van der Waals surface area contributed by atoms with E-state index in [-0.39, 0.29) is 29.5 Å². The highest BCUT2D eigenvalue weighted by Gasteiger charge is 2.32. The third kappa shape index (κ3) is 3.22. The van der Waals surface area contributed by atoms with Crippen LogP contribution in [0.5, 0.6) is 17.2 Å². The summed E-state index contributed by atoms with van der Waals surface area (Å²) in [6.07, 6.45) is 1.54. The van der Waals surface area contributed by atoms with E-state index in [0.29, 0.717) is 39.2 Å². The maximum absolute atomic E-state index is 13.3. The van der Waals surface area contributed by atoms with Crippen molar-refractivity contribution in [3.05, 3.63) is 88.3 Å². The zero-order chi connectivity index (χ0) is 21.5. The third-order valence-corrected chi connectivity index (χ3v) is 5.56. The summed E-state index contributed by atoms with van der Waals surface area (Å²) in [4.78, 5) is 25.5. The Balaban J connectivity index is 1.72. The Hall–Kier alpha value is -4.06. The van der Waals surface area contributed by atoms with Crippen molar-refractivity contribution in [3.8, 4) is 28.4 Å². The van der Waals surface area contributed by atoms with Crippen LogP contribution >= 0.6 is 0 Å². The lowest BCUT2D eigenvalue weighted by Crippen LogP contribution is -2.22. The molecule has 0 saturated heterocycles. The van der Waals surface area contributed by atoms with Crippen LogP contribution in [0.2, 0.25) is 0 Å². The number of benzene rings is 3. The summed E-state index contributed by atoms with van der Waals surface area (Å²) in [5.74, 6) is 0.498. The van der Waals surface area contributed by atoms with Crippen molar-refractivity contribution in [2.75, 3.05) is 7.11 Å². The SMILES string of the molecule is COc1cccc(C2CC(=O)Oc3ccc4c(=O)c(-c5ccc(O)cc5)coc4c32)c1. The number of phenolic OH excluding ortho intramolecular Hbond substituents is 1. The van der Waals surface area contributed by atoms with Gasteiger partial charge < -0.3 is 19.0 Å². The number of carbonyl (C=O) groups is 1. The van der Waals surface area contributed by atoms with Crippen molar-refractivity contribution in [1.82, 2.24) is 0 Å². The topological polar surface area (TPSA) is 86.0 Å². The molecule has 1 N–H and O–H groups in total. The molecule has 0 saturated carbocycles. The highest BCUT2D eigenvalue weighted by atomic mass is 16.5. The summed E-state index contributed by atoms with van der Waals surface area (Å²) < 4.78 is 16.8. The number of rotatable bonds is 3. The summed E-state index contributed by atoms with van der Waals surface area (Å²) in [5.41, 5.74) is 2.76. The lowest BCUT2D eigenvalue weighted by Gasteiger charge is -2.25. The van der Waals surface area contributed by atoms with E-state index in [9.17, 15) is 14.7 Å². The van der Waals surface area contributed by atoms with E-state index < -0.39 is 0 Å². The number of aromatic hydroxyl groups is 1. The zero-order valence-electron chi connectivity index (χ0n) is 16.6. The van der Waals surface area contributed by atoms with E-state index in [0.717, 1.165) is 5.56 Å². The van der Waals surface area contributed by atoms with Gasteiger partial charge in [0, 0.05) is 11.5 Å². The molecule has 0 spiro atoms. The molecular formula is C25H18O6. The van der Waals surface area contributed by atoms with E-state index in [1.54, 1.807) is 31.4 Å². The number of esters is 1. The van der Waals surface area contributed by atoms with Crippen LogP contribution < -0.4 is 14.9 Å². The van der Waals surface area contributed by atoms with Gasteiger partial charge in [-0.05, 0) is 47.5 Å². The molecule has 3 aromatic carbocycles. The number of ether oxygens (including phenoxy) is 2. The van der Waals surface area contributed by atoms with Crippen LogP contribution in [0.3, 0.4) is 0 Å². The smallest absolute Gasteiger partial charge is 0.312 e. The van der Waals surface area contributed by atoms with Crippen molar-refractivity contribution in [1.29, 1.82) is 0 Å². The molecule has 154 valence electrons. The molecule has 0 amide bonds. The fourth-order valence-electron chi connectivity index (χ4n) is 4.04. The van der Waals surface area contributed by atoms with Crippen LogP contribution in [0, 0.1) is 0 Å². The van der Waals surface area contributed by atoms with Gasteiger partial charge in [-0.2, -0.15) is 0 Å². The zero-order valence-corrected chi connectivity index (χ0v) is 16.6. The molecule has 0 fully saturated rings. The first-order chi connectivity index (χ1) is 15.0. The van der Waals surface area contributed by atoms with E-state index in [4.69, 9.17) is 13.9 Å². The number of fused-ring (bicyclic) bond motifs is 3. The van der Waals surface area contributed by atoms with Crippen LogP contribution in [-0.2, 0) is 4.79 Å². The average Bonchev–Trinajstić information content (AvgIpc) is 2.79. The maximum Gasteiger partial charge on any atom is 0.312 e. The molecule has 1 atom stereocenters. The highest BCUT2D eigenvalue weighted by Crippen LogP contribution is 2.43. The molecular weight excluding hydrogens is 396 g/mol. The normalized spacial score (nSPS) is 15.4. The van der Waals surface area contributed by atoms with Gasteiger partial charge in [0.25, 0.3) is 0 Å². The maximum atomic E-state index is 13.3. The van der Waals surface area contributed by atoms with Crippen molar-refractivity contribution in [3.63, 3.8) is 0 Å².